The average molecular weight is 443 g/mol. The summed E-state index contributed by atoms with van der Waals surface area (Å²) in [6.07, 6.45) is 3.47. The Kier molecular flexibility index (Phi) is 4.85. The number of halogens is 2. The van der Waals surface area contributed by atoms with Crippen molar-refractivity contribution in [2.45, 2.75) is 24.8 Å². The van der Waals surface area contributed by atoms with Crippen molar-refractivity contribution in [1.82, 2.24) is 10.2 Å². The van der Waals surface area contributed by atoms with E-state index in [0.717, 1.165) is 11.1 Å². The van der Waals surface area contributed by atoms with Crippen LogP contribution in [0.4, 0.5) is 0 Å². The van der Waals surface area contributed by atoms with E-state index < -0.39 is 17.4 Å². The van der Waals surface area contributed by atoms with Crippen molar-refractivity contribution in [2.75, 3.05) is 6.54 Å². The molecule has 0 aliphatic carbocycles. The van der Waals surface area contributed by atoms with Gasteiger partial charge in [-0.1, -0.05) is 71.8 Å². The second kappa shape index (κ2) is 7.41. The molecule has 0 saturated carbocycles. The number of hydrogen-bond donors (Lipinski definition) is 1. The van der Waals surface area contributed by atoms with Crippen LogP contribution in [0.1, 0.15) is 11.1 Å². The molecule has 3 heterocycles. The first-order valence-electron chi connectivity index (χ1n) is 9.89. The Labute approximate surface area is 184 Å². The van der Waals surface area contributed by atoms with Crippen molar-refractivity contribution in [1.29, 1.82) is 0 Å². The molecule has 1 N–H and O–H groups in total. The fourth-order valence-electron chi connectivity index (χ4n) is 4.79. The molecule has 3 aliphatic heterocycles. The van der Waals surface area contributed by atoms with Gasteiger partial charge in [0.15, 0.2) is 0 Å². The topological polar surface area (TPSA) is 58.6 Å². The molecule has 0 radical (unpaired) electrons. The smallest absolute Gasteiger partial charge is 0.230 e. The Balaban J connectivity index is 1.34. The molecule has 2 fully saturated rings. The van der Waals surface area contributed by atoms with Crippen LogP contribution in [0.5, 0.6) is 0 Å². The fourth-order valence-corrected chi connectivity index (χ4v) is 5.18. The second-order valence-electron chi connectivity index (χ2n) is 7.99. The molecule has 2 bridgehead atoms. The van der Waals surface area contributed by atoms with E-state index in [1.807, 2.05) is 54.6 Å². The Bertz CT molecular complexity index is 1060. The molecular weight excluding hydrogens is 423 g/mol. The Morgan fingerprint density at radius 2 is 1.77 bits per heavy atom. The summed E-state index contributed by atoms with van der Waals surface area (Å²) >= 11 is 12.5. The van der Waals surface area contributed by atoms with Gasteiger partial charge in [0.1, 0.15) is 5.60 Å². The standard InChI is InChI=1S/C23H20Cl2N2O3/c24-16-7-3-1-5-14(16)11-26-21(28)19-18-9-10-23(30-18)13-27(22(29)20(19)23)12-15-6-2-4-8-17(15)25/h1-10,18-20H,11-13H2,(H,26,28)/t18-,19-,20-,23-/m0/s1. The molecule has 7 heteroatoms. The van der Waals surface area contributed by atoms with Gasteiger partial charge >= 0.3 is 0 Å². The van der Waals surface area contributed by atoms with E-state index in [1.165, 1.54) is 0 Å². The molecule has 5 rings (SSSR count). The molecule has 2 amide bonds. The van der Waals surface area contributed by atoms with E-state index in [2.05, 4.69) is 5.32 Å². The van der Waals surface area contributed by atoms with Gasteiger partial charge < -0.3 is 15.0 Å². The summed E-state index contributed by atoms with van der Waals surface area (Å²) in [6.45, 7) is 1.12. The second-order valence-corrected chi connectivity index (χ2v) is 8.81. The van der Waals surface area contributed by atoms with Crippen LogP contribution in [0.2, 0.25) is 10.0 Å². The van der Waals surface area contributed by atoms with Crippen molar-refractivity contribution >= 4 is 35.0 Å². The van der Waals surface area contributed by atoms with Gasteiger partial charge in [0.25, 0.3) is 0 Å². The van der Waals surface area contributed by atoms with Crippen LogP contribution < -0.4 is 5.32 Å². The highest BCUT2D eigenvalue weighted by molar-refractivity contribution is 6.31. The number of fused-ring (bicyclic) bond motifs is 1. The highest BCUT2D eigenvalue weighted by Gasteiger charge is 2.66. The maximum absolute atomic E-state index is 13.3. The van der Waals surface area contributed by atoms with Crippen LogP contribution >= 0.6 is 23.2 Å². The number of benzene rings is 2. The Morgan fingerprint density at radius 3 is 2.47 bits per heavy atom. The van der Waals surface area contributed by atoms with Gasteiger partial charge in [-0.05, 0) is 23.3 Å². The molecular formula is C23H20Cl2N2O3. The number of rotatable bonds is 5. The van der Waals surface area contributed by atoms with Crippen LogP contribution in [-0.2, 0) is 27.4 Å². The van der Waals surface area contributed by atoms with E-state index >= 15 is 0 Å². The van der Waals surface area contributed by atoms with Gasteiger partial charge in [0.05, 0.1) is 24.5 Å². The van der Waals surface area contributed by atoms with E-state index in [1.54, 1.807) is 11.0 Å². The first kappa shape index (κ1) is 19.6. The van der Waals surface area contributed by atoms with Gasteiger partial charge in [-0.3, -0.25) is 9.59 Å². The van der Waals surface area contributed by atoms with Crippen molar-refractivity contribution < 1.29 is 14.3 Å². The predicted octanol–water partition coefficient (Wildman–Crippen LogP) is 3.59. The van der Waals surface area contributed by atoms with Crippen molar-refractivity contribution in [3.8, 4) is 0 Å². The van der Waals surface area contributed by atoms with Gasteiger partial charge in [-0.25, -0.2) is 0 Å². The first-order valence-corrected chi connectivity index (χ1v) is 10.6. The lowest BCUT2D eigenvalue weighted by Crippen LogP contribution is -2.43. The molecule has 2 saturated heterocycles. The summed E-state index contributed by atoms with van der Waals surface area (Å²) in [7, 11) is 0. The zero-order valence-electron chi connectivity index (χ0n) is 16.1. The number of nitrogens with one attached hydrogen (secondary N) is 1. The van der Waals surface area contributed by atoms with E-state index in [4.69, 9.17) is 27.9 Å². The number of nitrogens with zero attached hydrogens (tertiary/aromatic N) is 1. The molecule has 0 aromatic heterocycles. The average Bonchev–Trinajstić information content (AvgIpc) is 3.37. The summed E-state index contributed by atoms with van der Waals surface area (Å²) < 4.78 is 6.17. The SMILES string of the molecule is O=C(NCc1ccccc1Cl)[C@H]1[C@@H]2C=C[C@@]3(CN(Cc4ccccc4Cl)C(=O)[C@H]13)O2. The van der Waals surface area contributed by atoms with Crippen LogP contribution in [0.25, 0.3) is 0 Å². The molecule has 2 aromatic carbocycles. The Hall–Kier alpha value is -2.34. The maximum Gasteiger partial charge on any atom is 0.230 e. The summed E-state index contributed by atoms with van der Waals surface area (Å²) in [5.41, 5.74) is 0.970. The molecule has 30 heavy (non-hydrogen) atoms. The quantitative estimate of drug-likeness (QED) is 0.719. The third kappa shape index (κ3) is 3.13. The minimum atomic E-state index is -0.741. The Morgan fingerprint density at radius 1 is 1.10 bits per heavy atom. The number of likely N-dealkylation sites (tertiary alicyclic amines) is 1. The van der Waals surface area contributed by atoms with Crippen LogP contribution in [0.3, 0.4) is 0 Å². The summed E-state index contributed by atoms with van der Waals surface area (Å²) in [6, 6.07) is 14.8. The van der Waals surface area contributed by atoms with Gasteiger partial charge in [0, 0.05) is 23.1 Å². The van der Waals surface area contributed by atoms with E-state index in [0.29, 0.717) is 29.7 Å². The molecule has 5 nitrogen and oxygen atoms in total. The van der Waals surface area contributed by atoms with Crippen LogP contribution in [0, 0.1) is 11.8 Å². The molecule has 3 aliphatic rings. The third-order valence-electron chi connectivity index (χ3n) is 6.21. The fraction of sp³-hybridized carbons (Fsp3) is 0.304. The minimum absolute atomic E-state index is 0.0698. The minimum Gasteiger partial charge on any atom is -0.360 e. The molecule has 1 spiro atoms. The molecule has 4 atom stereocenters. The number of carbonyl (C=O) groups is 2. The predicted molar refractivity (Wildman–Crippen MR) is 114 cm³/mol. The highest BCUT2D eigenvalue weighted by Crippen LogP contribution is 2.52. The van der Waals surface area contributed by atoms with Crippen molar-refractivity contribution in [3.63, 3.8) is 0 Å². The largest absolute Gasteiger partial charge is 0.360 e. The first-order chi connectivity index (χ1) is 14.5. The summed E-state index contributed by atoms with van der Waals surface area (Å²) in [4.78, 5) is 28.1. The van der Waals surface area contributed by atoms with Gasteiger partial charge in [-0.2, -0.15) is 0 Å². The van der Waals surface area contributed by atoms with Crippen molar-refractivity contribution in [3.05, 3.63) is 81.9 Å². The van der Waals surface area contributed by atoms with E-state index in [-0.39, 0.29) is 17.9 Å². The lowest BCUT2D eigenvalue weighted by molar-refractivity contribution is -0.137. The third-order valence-corrected chi connectivity index (χ3v) is 6.95. The highest BCUT2D eigenvalue weighted by atomic mass is 35.5. The molecule has 0 unspecified atom stereocenters. The summed E-state index contributed by atoms with van der Waals surface area (Å²) in [5, 5.41) is 4.16. The van der Waals surface area contributed by atoms with E-state index in [9.17, 15) is 9.59 Å². The normalized spacial score (nSPS) is 28.8. The monoisotopic (exact) mass is 442 g/mol. The van der Waals surface area contributed by atoms with Gasteiger partial charge in [-0.15, -0.1) is 0 Å². The van der Waals surface area contributed by atoms with Crippen LogP contribution in [-0.4, -0.2) is 35.0 Å². The lowest BCUT2D eigenvalue weighted by atomic mass is 9.77. The zero-order chi connectivity index (χ0) is 20.9. The number of amides is 2. The zero-order valence-corrected chi connectivity index (χ0v) is 17.6. The van der Waals surface area contributed by atoms with Crippen LogP contribution in [0.15, 0.2) is 60.7 Å². The lowest BCUT2D eigenvalue weighted by Gasteiger charge is -2.23. The number of hydrogen-bond acceptors (Lipinski definition) is 3. The maximum atomic E-state index is 13.3. The number of ether oxygens (including phenoxy) is 1. The van der Waals surface area contributed by atoms with Gasteiger partial charge in [0.2, 0.25) is 11.8 Å². The molecule has 2 aromatic rings. The van der Waals surface area contributed by atoms with Crippen molar-refractivity contribution in [2.24, 2.45) is 11.8 Å². The summed E-state index contributed by atoms with van der Waals surface area (Å²) in [5.74, 6) is -1.34. The molecule has 154 valence electrons. The number of carbonyl (C=O) groups excluding carboxylic acids is 2.